The van der Waals surface area contributed by atoms with E-state index in [1.54, 1.807) is 12.1 Å². The normalized spacial score (nSPS) is 13.9. The van der Waals surface area contributed by atoms with Crippen molar-refractivity contribution in [2.45, 2.75) is 71.8 Å². The summed E-state index contributed by atoms with van der Waals surface area (Å²) in [5, 5.41) is 30.8. The molecule has 0 saturated heterocycles. The van der Waals surface area contributed by atoms with Crippen molar-refractivity contribution in [3.05, 3.63) is 52.8 Å². The lowest BCUT2D eigenvalue weighted by Gasteiger charge is -2.22. The third kappa shape index (κ3) is 7.93. The Kier molecular flexibility index (Phi) is 11.7. The first-order valence-electron chi connectivity index (χ1n) is 11.1. The monoisotopic (exact) mass is 418 g/mol. The lowest BCUT2D eigenvalue weighted by molar-refractivity contribution is 0.109. The summed E-state index contributed by atoms with van der Waals surface area (Å²) in [6.45, 7) is 10.6. The number of ether oxygens (including phenoxy) is 1. The molecule has 1 aromatic rings. The number of hydrogen-bond acceptors (Lipinski definition) is 5. The molecular weight excluding hydrogens is 384 g/mol. The Hall–Kier alpha value is -3.07. The summed E-state index contributed by atoms with van der Waals surface area (Å²) < 4.78 is 5.70. The van der Waals surface area contributed by atoms with Gasteiger partial charge in [-0.05, 0) is 45.3 Å². The third-order valence-corrected chi connectivity index (χ3v) is 4.98. The molecule has 0 aliphatic carbocycles. The Morgan fingerprint density at radius 3 is 1.90 bits per heavy atom. The highest BCUT2D eigenvalue weighted by molar-refractivity contribution is 5.84. The maximum atomic E-state index is 9.40. The predicted molar refractivity (Wildman–Crippen MR) is 124 cm³/mol. The molecule has 0 bridgehead atoms. The topological polar surface area (TPSA) is 92.6 Å². The van der Waals surface area contributed by atoms with Crippen LogP contribution in [0.5, 0.6) is 0 Å². The first-order chi connectivity index (χ1) is 15.0. The van der Waals surface area contributed by atoms with Crippen LogP contribution in [-0.4, -0.2) is 18.7 Å². The first-order valence-corrected chi connectivity index (χ1v) is 11.1. The SMILES string of the molecule is CC1(C)OC(=C(C#N)C#N)C(C#N)=C1c1ccccc1.CCCCCNCCCCC. The fraction of sp³-hybridized carbons (Fsp3) is 0.500. The van der Waals surface area contributed by atoms with Crippen molar-refractivity contribution < 1.29 is 4.74 Å². The van der Waals surface area contributed by atoms with Gasteiger partial charge in [-0.25, -0.2) is 0 Å². The number of nitrogens with zero attached hydrogens (tertiary/aromatic N) is 3. The van der Waals surface area contributed by atoms with Crippen LogP contribution in [0.3, 0.4) is 0 Å². The van der Waals surface area contributed by atoms with Crippen LogP contribution in [0.2, 0.25) is 0 Å². The predicted octanol–water partition coefficient (Wildman–Crippen LogP) is 6.03. The van der Waals surface area contributed by atoms with Crippen LogP contribution in [0.1, 0.15) is 71.8 Å². The zero-order valence-corrected chi connectivity index (χ0v) is 19.3. The molecule has 1 aromatic carbocycles. The van der Waals surface area contributed by atoms with Crippen molar-refractivity contribution in [2.24, 2.45) is 0 Å². The number of allylic oxidation sites excluding steroid dienone is 2. The maximum Gasteiger partial charge on any atom is 0.172 e. The summed E-state index contributed by atoms with van der Waals surface area (Å²) in [4.78, 5) is 0. The van der Waals surface area contributed by atoms with Crippen molar-refractivity contribution in [3.63, 3.8) is 0 Å². The molecule has 1 aliphatic heterocycles. The molecule has 2 rings (SSSR count). The second-order valence-corrected chi connectivity index (χ2v) is 7.93. The number of nitriles is 3. The number of hydrogen-bond donors (Lipinski definition) is 1. The summed E-state index contributed by atoms with van der Waals surface area (Å²) in [7, 11) is 0. The highest BCUT2D eigenvalue weighted by Gasteiger charge is 2.40. The molecule has 0 unspecified atom stereocenters. The molecule has 31 heavy (non-hydrogen) atoms. The fourth-order valence-electron chi connectivity index (χ4n) is 3.40. The van der Waals surface area contributed by atoms with Crippen LogP contribution in [0.15, 0.2) is 47.2 Å². The van der Waals surface area contributed by atoms with E-state index in [2.05, 4.69) is 25.2 Å². The van der Waals surface area contributed by atoms with Crippen LogP contribution < -0.4 is 5.32 Å². The van der Waals surface area contributed by atoms with Crippen LogP contribution >= 0.6 is 0 Å². The fourth-order valence-corrected chi connectivity index (χ4v) is 3.40. The molecule has 1 heterocycles. The third-order valence-electron chi connectivity index (χ3n) is 4.98. The van der Waals surface area contributed by atoms with Crippen molar-refractivity contribution in [3.8, 4) is 18.2 Å². The van der Waals surface area contributed by atoms with E-state index in [9.17, 15) is 5.26 Å². The van der Waals surface area contributed by atoms with Gasteiger partial charge in [0, 0.05) is 5.57 Å². The lowest BCUT2D eigenvalue weighted by atomic mass is 9.89. The number of rotatable bonds is 9. The van der Waals surface area contributed by atoms with Crippen LogP contribution in [-0.2, 0) is 4.74 Å². The molecule has 0 fully saturated rings. The van der Waals surface area contributed by atoms with Gasteiger partial charge in [-0.2, -0.15) is 15.8 Å². The smallest absolute Gasteiger partial charge is 0.172 e. The van der Waals surface area contributed by atoms with Crippen LogP contribution in [0.4, 0.5) is 0 Å². The number of unbranched alkanes of at least 4 members (excludes halogenated alkanes) is 4. The summed E-state index contributed by atoms with van der Waals surface area (Å²) in [5.74, 6) is 0.0707. The summed E-state index contributed by atoms with van der Waals surface area (Å²) in [5.41, 5.74) is 0.846. The second-order valence-electron chi connectivity index (χ2n) is 7.93. The van der Waals surface area contributed by atoms with Gasteiger partial charge in [0.05, 0.1) is 0 Å². The zero-order valence-electron chi connectivity index (χ0n) is 19.3. The van der Waals surface area contributed by atoms with E-state index < -0.39 is 5.60 Å². The van der Waals surface area contributed by atoms with Crippen LogP contribution in [0.25, 0.3) is 5.57 Å². The summed E-state index contributed by atoms with van der Waals surface area (Å²) in [6.07, 6.45) is 8.11. The molecular formula is C26H34N4O. The Morgan fingerprint density at radius 1 is 0.903 bits per heavy atom. The standard InChI is InChI=1S/C16H11N3O.C10H23N/c1-16(2)14(11-6-4-3-5-7-11)13(10-19)15(20-16)12(8-17)9-18;1-3-5-7-9-11-10-8-6-4-2/h3-7H,1-2H3;11H,3-10H2,1-2H3. The summed E-state index contributed by atoms with van der Waals surface area (Å²) >= 11 is 0. The minimum atomic E-state index is -0.763. The van der Waals surface area contributed by atoms with Gasteiger partial charge < -0.3 is 10.1 Å². The quantitative estimate of drug-likeness (QED) is 0.390. The molecule has 1 aliphatic rings. The molecule has 0 spiro atoms. The maximum absolute atomic E-state index is 9.40. The number of nitrogens with one attached hydrogen (secondary N) is 1. The van der Waals surface area contributed by atoms with Gasteiger partial charge in [0.1, 0.15) is 29.4 Å². The molecule has 5 heteroatoms. The van der Waals surface area contributed by atoms with E-state index >= 15 is 0 Å². The molecule has 0 radical (unpaired) electrons. The Balaban J connectivity index is 0.000000373. The minimum Gasteiger partial charge on any atom is -0.480 e. The van der Waals surface area contributed by atoms with Crippen molar-refractivity contribution >= 4 is 5.57 Å². The molecule has 164 valence electrons. The van der Waals surface area contributed by atoms with Gasteiger partial charge >= 0.3 is 0 Å². The van der Waals surface area contributed by atoms with E-state index in [4.69, 9.17) is 15.3 Å². The zero-order chi connectivity index (χ0) is 23.1. The van der Waals surface area contributed by atoms with Gasteiger partial charge in [-0.1, -0.05) is 69.9 Å². The van der Waals surface area contributed by atoms with Gasteiger partial charge in [0.15, 0.2) is 11.3 Å². The first kappa shape index (κ1) is 26.0. The van der Waals surface area contributed by atoms with Gasteiger partial charge in [0.2, 0.25) is 0 Å². The average Bonchev–Trinajstić information content (AvgIpc) is 3.05. The van der Waals surface area contributed by atoms with Gasteiger partial charge in [-0.3, -0.25) is 0 Å². The largest absolute Gasteiger partial charge is 0.480 e. The highest BCUT2D eigenvalue weighted by Crippen LogP contribution is 2.44. The molecule has 0 aromatic heterocycles. The van der Waals surface area contributed by atoms with E-state index in [0.29, 0.717) is 5.57 Å². The van der Waals surface area contributed by atoms with E-state index in [1.807, 2.05) is 44.2 Å². The van der Waals surface area contributed by atoms with Gasteiger partial charge in [-0.15, -0.1) is 0 Å². The van der Waals surface area contributed by atoms with E-state index in [-0.39, 0.29) is 16.9 Å². The molecule has 0 amide bonds. The molecule has 5 nitrogen and oxygen atoms in total. The second kappa shape index (κ2) is 14.0. The summed E-state index contributed by atoms with van der Waals surface area (Å²) in [6, 6.07) is 15.0. The number of benzene rings is 1. The van der Waals surface area contributed by atoms with Crippen LogP contribution in [0, 0.1) is 34.0 Å². The molecule has 1 N–H and O–H groups in total. The Bertz CT molecular complexity index is 853. The minimum absolute atomic E-state index is 0.0707. The highest BCUT2D eigenvalue weighted by atomic mass is 16.5. The Labute approximate surface area is 187 Å². The van der Waals surface area contributed by atoms with E-state index in [1.165, 1.54) is 51.6 Å². The van der Waals surface area contributed by atoms with Crippen molar-refractivity contribution in [1.82, 2.24) is 5.32 Å². The van der Waals surface area contributed by atoms with Gasteiger partial charge in [0.25, 0.3) is 0 Å². The van der Waals surface area contributed by atoms with E-state index in [0.717, 1.165) is 5.56 Å². The average molecular weight is 419 g/mol. The van der Waals surface area contributed by atoms with Crippen molar-refractivity contribution in [1.29, 1.82) is 15.8 Å². The molecule has 0 saturated carbocycles. The van der Waals surface area contributed by atoms with Crippen molar-refractivity contribution in [2.75, 3.05) is 13.1 Å². The lowest BCUT2D eigenvalue weighted by Crippen LogP contribution is -2.20. The Morgan fingerprint density at radius 2 is 1.45 bits per heavy atom. The molecule has 0 atom stereocenters.